The number of carboxylic acids is 1. The first-order chi connectivity index (χ1) is 13.6. The second-order valence-electron chi connectivity index (χ2n) is 7.32. The fraction of sp³-hybridized carbons (Fsp3) is 0.944. The number of β-amino-alcohol motifs (C(OH)–C–C–N with tert-alkyl or cyclic N) is 2. The minimum atomic E-state index is -5.08. The van der Waals surface area contributed by atoms with E-state index in [0.717, 1.165) is 65.0 Å². The van der Waals surface area contributed by atoms with Crippen LogP contribution in [0.15, 0.2) is 0 Å². The van der Waals surface area contributed by atoms with Gasteiger partial charge in [0.1, 0.15) is 0 Å². The monoisotopic (exact) mass is 430 g/mol. The summed E-state index contributed by atoms with van der Waals surface area (Å²) >= 11 is 0. The van der Waals surface area contributed by atoms with Crippen LogP contribution in [0.2, 0.25) is 0 Å². The van der Waals surface area contributed by atoms with Crippen LogP contribution in [0, 0.1) is 0 Å². The van der Waals surface area contributed by atoms with Gasteiger partial charge in [0.05, 0.1) is 13.2 Å². The summed E-state index contributed by atoms with van der Waals surface area (Å²) in [5.74, 6) is -2.76. The lowest BCUT2D eigenvalue weighted by Gasteiger charge is -2.17. The maximum absolute atomic E-state index is 10.6. The van der Waals surface area contributed by atoms with Crippen molar-refractivity contribution >= 4 is 5.97 Å². The summed E-state index contributed by atoms with van der Waals surface area (Å²) in [6, 6.07) is 0.775. The highest BCUT2D eigenvalue weighted by atomic mass is 19.4. The smallest absolute Gasteiger partial charge is 0.475 e. The summed E-state index contributed by atoms with van der Waals surface area (Å²) in [5.41, 5.74) is 11.6. The zero-order valence-electron chi connectivity index (χ0n) is 17.0. The number of nitrogens with zero attached hydrogens (tertiary/aromatic N) is 2. The standard InChI is InChI=1S/2C8H18N2O.C2HF3O2/c2*9-8-2-1-4-10(5-3-8)6-7-11;3-2(4,5)1(6)7/h2*8,11H,1-7,9H2;(H,6,7)/t2*8-;/m00./s1. The molecule has 0 bridgehead atoms. The quantitative estimate of drug-likeness (QED) is 0.427. The van der Waals surface area contributed by atoms with Gasteiger partial charge in [-0.25, -0.2) is 4.79 Å². The van der Waals surface area contributed by atoms with Gasteiger partial charge in [-0.3, -0.25) is 0 Å². The van der Waals surface area contributed by atoms with Crippen LogP contribution in [0.4, 0.5) is 13.2 Å². The number of halogens is 3. The summed E-state index contributed by atoms with van der Waals surface area (Å²) < 4.78 is 31.7. The Kier molecular flexibility index (Phi) is 15.3. The van der Waals surface area contributed by atoms with Crippen molar-refractivity contribution in [3.8, 4) is 0 Å². The number of hydrogen-bond acceptors (Lipinski definition) is 7. The molecular formula is C18H37F3N4O4. The highest BCUT2D eigenvalue weighted by Gasteiger charge is 2.38. The molecule has 2 fully saturated rings. The van der Waals surface area contributed by atoms with E-state index in [1.165, 1.54) is 12.8 Å². The molecule has 2 rings (SSSR count). The topological polar surface area (TPSA) is 136 Å². The average molecular weight is 431 g/mol. The van der Waals surface area contributed by atoms with E-state index in [2.05, 4.69) is 9.80 Å². The summed E-state index contributed by atoms with van der Waals surface area (Å²) in [7, 11) is 0. The van der Waals surface area contributed by atoms with E-state index < -0.39 is 12.1 Å². The zero-order valence-corrected chi connectivity index (χ0v) is 17.0. The molecule has 2 aliphatic rings. The van der Waals surface area contributed by atoms with Crippen LogP contribution in [0.1, 0.15) is 38.5 Å². The molecule has 0 radical (unpaired) electrons. The van der Waals surface area contributed by atoms with Crippen LogP contribution in [0.5, 0.6) is 0 Å². The lowest BCUT2D eigenvalue weighted by atomic mass is 10.1. The number of carbonyl (C=O) groups is 1. The molecule has 2 saturated heterocycles. The third-order valence-corrected chi connectivity index (χ3v) is 4.81. The Morgan fingerprint density at radius 2 is 1.17 bits per heavy atom. The van der Waals surface area contributed by atoms with Crippen molar-refractivity contribution < 1.29 is 33.3 Å². The number of aliphatic hydroxyl groups is 2. The van der Waals surface area contributed by atoms with Gasteiger partial charge in [-0.1, -0.05) is 0 Å². The predicted octanol–water partition coefficient (Wildman–Crippen LogP) is 0.217. The molecule has 7 N–H and O–H groups in total. The van der Waals surface area contributed by atoms with Gasteiger partial charge in [0.25, 0.3) is 0 Å². The normalized spacial score (nSPS) is 24.2. The minimum Gasteiger partial charge on any atom is -0.475 e. The lowest BCUT2D eigenvalue weighted by molar-refractivity contribution is -0.192. The fourth-order valence-electron chi connectivity index (χ4n) is 3.09. The molecule has 0 spiro atoms. The number of carboxylic acid groups (broad SMARTS) is 1. The van der Waals surface area contributed by atoms with Crippen LogP contribution >= 0.6 is 0 Å². The molecule has 0 amide bonds. The van der Waals surface area contributed by atoms with Gasteiger partial charge in [0, 0.05) is 25.2 Å². The van der Waals surface area contributed by atoms with Gasteiger partial charge in [-0.15, -0.1) is 0 Å². The van der Waals surface area contributed by atoms with Crippen molar-refractivity contribution in [2.45, 2.75) is 56.8 Å². The van der Waals surface area contributed by atoms with Gasteiger partial charge in [0.15, 0.2) is 0 Å². The van der Waals surface area contributed by atoms with Crippen molar-refractivity contribution in [2.75, 3.05) is 52.5 Å². The average Bonchev–Trinajstić information content (AvgIpc) is 2.97. The molecule has 0 aromatic carbocycles. The zero-order chi connectivity index (χ0) is 22.3. The van der Waals surface area contributed by atoms with E-state index in [9.17, 15) is 13.2 Å². The second kappa shape index (κ2) is 15.8. The Labute approximate surface area is 170 Å². The van der Waals surface area contributed by atoms with E-state index in [0.29, 0.717) is 12.1 Å². The number of aliphatic hydroxyl groups excluding tert-OH is 2. The number of rotatable bonds is 4. The molecule has 8 nitrogen and oxygen atoms in total. The van der Waals surface area contributed by atoms with Crippen LogP contribution in [0.3, 0.4) is 0 Å². The Morgan fingerprint density at radius 1 is 0.828 bits per heavy atom. The summed E-state index contributed by atoms with van der Waals surface area (Å²) in [4.78, 5) is 13.5. The first-order valence-corrected chi connectivity index (χ1v) is 10.1. The first kappa shape index (κ1) is 28.0. The number of hydrogen-bond donors (Lipinski definition) is 5. The minimum absolute atomic E-state index is 0.273. The molecule has 0 saturated carbocycles. The van der Waals surface area contributed by atoms with Gasteiger partial charge in [-0.2, -0.15) is 13.2 Å². The van der Waals surface area contributed by atoms with Gasteiger partial charge in [0.2, 0.25) is 0 Å². The Morgan fingerprint density at radius 3 is 1.45 bits per heavy atom. The van der Waals surface area contributed by atoms with Crippen molar-refractivity contribution in [1.82, 2.24) is 9.80 Å². The van der Waals surface area contributed by atoms with Crippen LogP contribution in [0.25, 0.3) is 0 Å². The summed E-state index contributed by atoms with van der Waals surface area (Å²) in [6.45, 7) is 6.50. The SMILES string of the molecule is N[C@H]1CCCN(CCO)CC1.N[C@H]1CCCN(CCO)CC1.O=C(O)C(F)(F)F. The Hall–Kier alpha value is -0.980. The highest BCUT2D eigenvalue weighted by molar-refractivity contribution is 5.73. The summed E-state index contributed by atoms with van der Waals surface area (Å²) in [6.07, 6.45) is 1.73. The first-order valence-electron chi connectivity index (χ1n) is 10.1. The molecule has 2 aliphatic heterocycles. The van der Waals surface area contributed by atoms with E-state index in [1.54, 1.807) is 0 Å². The number of aliphatic carboxylic acids is 1. The van der Waals surface area contributed by atoms with E-state index in [1.807, 2.05) is 0 Å². The van der Waals surface area contributed by atoms with Crippen molar-refractivity contribution in [3.05, 3.63) is 0 Å². The highest BCUT2D eigenvalue weighted by Crippen LogP contribution is 2.13. The molecule has 0 aromatic rings. The number of nitrogens with two attached hydrogens (primary N) is 2. The molecule has 2 heterocycles. The molecule has 11 heteroatoms. The second-order valence-corrected chi connectivity index (χ2v) is 7.32. The van der Waals surface area contributed by atoms with Crippen molar-refractivity contribution in [3.63, 3.8) is 0 Å². The maximum Gasteiger partial charge on any atom is 0.490 e. The molecule has 0 aliphatic carbocycles. The van der Waals surface area contributed by atoms with Crippen LogP contribution in [-0.2, 0) is 4.79 Å². The third kappa shape index (κ3) is 15.5. The van der Waals surface area contributed by atoms with E-state index in [4.69, 9.17) is 31.6 Å². The largest absolute Gasteiger partial charge is 0.490 e. The predicted molar refractivity (Wildman–Crippen MR) is 104 cm³/mol. The van der Waals surface area contributed by atoms with Gasteiger partial charge >= 0.3 is 12.1 Å². The van der Waals surface area contributed by atoms with E-state index in [-0.39, 0.29) is 13.2 Å². The number of likely N-dealkylation sites (tertiary alicyclic amines) is 2. The van der Waals surface area contributed by atoms with Gasteiger partial charge < -0.3 is 36.6 Å². The molecule has 0 aromatic heterocycles. The molecule has 174 valence electrons. The number of alkyl halides is 3. The summed E-state index contributed by atoms with van der Waals surface area (Å²) in [5, 5.41) is 24.5. The molecular weight excluding hydrogens is 393 g/mol. The Bertz CT molecular complexity index is 404. The Balaban J connectivity index is 0.000000419. The van der Waals surface area contributed by atoms with Gasteiger partial charge in [-0.05, 0) is 64.7 Å². The van der Waals surface area contributed by atoms with Crippen LogP contribution < -0.4 is 11.5 Å². The molecule has 29 heavy (non-hydrogen) atoms. The third-order valence-electron chi connectivity index (χ3n) is 4.81. The van der Waals surface area contributed by atoms with E-state index >= 15 is 0 Å². The lowest BCUT2D eigenvalue weighted by Crippen LogP contribution is -2.29. The van der Waals surface area contributed by atoms with Crippen molar-refractivity contribution in [2.24, 2.45) is 11.5 Å². The maximum atomic E-state index is 10.6. The fourth-order valence-corrected chi connectivity index (χ4v) is 3.09. The van der Waals surface area contributed by atoms with Crippen LogP contribution in [-0.4, -0.2) is 102 Å². The molecule has 0 unspecified atom stereocenters. The molecule has 2 atom stereocenters. The van der Waals surface area contributed by atoms with Crippen molar-refractivity contribution in [1.29, 1.82) is 0 Å².